The van der Waals surface area contributed by atoms with E-state index < -0.39 is 5.97 Å². The van der Waals surface area contributed by atoms with Gasteiger partial charge >= 0.3 is 0 Å². The van der Waals surface area contributed by atoms with E-state index in [9.17, 15) is 9.90 Å². The number of hydrogen-bond acceptors (Lipinski definition) is 2. The topological polar surface area (TPSA) is 40.1 Å². The molecule has 0 aliphatic carbocycles. The van der Waals surface area contributed by atoms with Gasteiger partial charge in [0.1, 0.15) is 0 Å². The lowest BCUT2D eigenvalue weighted by atomic mass is 10.0. The van der Waals surface area contributed by atoms with Crippen LogP contribution < -0.4 is 22.1 Å². The van der Waals surface area contributed by atoms with Gasteiger partial charge in [-0.15, -0.1) is 0 Å². The summed E-state index contributed by atoms with van der Waals surface area (Å²) in [6, 6.07) is 0. The number of quaternary nitrogens is 2. The van der Waals surface area contributed by atoms with Crippen LogP contribution in [0.1, 0.15) is 290 Å². The third-order valence-electron chi connectivity index (χ3n) is 12.0. The lowest BCUT2D eigenvalue weighted by Gasteiger charge is -2.23. The fraction of sp³-hybridized carbons (Fsp3) is 0.946. The summed E-state index contributed by atoms with van der Waals surface area (Å²) in [4.78, 5) is 10.2. The number of halogens is 1. The average Bonchev–Trinajstić information content (AvgIpc) is 3.19. The maximum absolute atomic E-state index is 10.2. The number of carboxylic acid groups (broad SMARTS) is 1. The van der Waals surface area contributed by atoms with Crippen molar-refractivity contribution in [2.45, 2.75) is 290 Å². The molecule has 5 heteroatoms. The van der Waals surface area contributed by atoms with Gasteiger partial charge < -0.3 is 35.8 Å². The van der Waals surface area contributed by atoms with Crippen molar-refractivity contribution in [2.75, 3.05) is 55.4 Å². The Morgan fingerprint density at radius 2 is 0.525 bits per heavy atom. The van der Waals surface area contributed by atoms with Crippen molar-refractivity contribution in [1.82, 2.24) is 0 Å². The van der Waals surface area contributed by atoms with Crippen molar-refractivity contribution < 1.29 is 35.8 Å². The van der Waals surface area contributed by atoms with Crippen LogP contribution in [0.15, 0.2) is 12.2 Å². The van der Waals surface area contributed by atoms with Crippen LogP contribution >= 0.6 is 0 Å². The fourth-order valence-electron chi connectivity index (χ4n) is 7.90. The number of allylic oxidation sites excluding steroid dienone is 2. The van der Waals surface area contributed by atoms with E-state index in [0.29, 0.717) is 0 Å². The highest BCUT2D eigenvalue weighted by atomic mass is 79.9. The Balaban J connectivity index is -0.000000396. The molecule has 370 valence electrons. The molecule has 0 fully saturated rings. The standard InChI is InChI=1S/2C19H42N.C18H34O2.BrH/c2*1-5-6-7-8-9-10-11-12-13-14-15-16-17-18-19-20(2,3)4;1-2-3-4-5-6-7-8-9-10-11-12-13-14-15-16-17-18(19)20;/h2*5-19H2,1-4H3;9-10H,2-8,11-17H2,1H3,(H,19,20);1H/q2*+1;;/p-2/b;;10-9-;. The molecule has 0 radical (unpaired) electrons. The van der Waals surface area contributed by atoms with Crippen LogP contribution in [0.25, 0.3) is 0 Å². The first kappa shape index (κ1) is 67.2. The molecule has 0 heterocycles. The van der Waals surface area contributed by atoms with Crippen molar-refractivity contribution in [3.8, 4) is 0 Å². The molecule has 0 aliphatic rings. The largest absolute Gasteiger partial charge is 1.00 e. The molecular formula is C56H117BrN2O2. The second kappa shape index (κ2) is 55.7. The Kier molecular flexibility index (Phi) is 61.4. The minimum atomic E-state index is -0.914. The van der Waals surface area contributed by atoms with Gasteiger partial charge in [-0.2, -0.15) is 0 Å². The number of carboxylic acids is 1. The maximum atomic E-state index is 10.2. The quantitative estimate of drug-likeness (QED) is 0.0347. The van der Waals surface area contributed by atoms with Crippen LogP contribution in [0.3, 0.4) is 0 Å². The Morgan fingerprint density at radius 1 is 0.328 bits per heavy atom. The fourth-order valence-corrected chi connectivity index (χ4v) is 7.90. The Hall–Kier alpha value is -0.390. The van der Waals surface area contributed by atoms with Gasteiger partial charge in [0.25, 0.3) is 0 Å². The molecule has 0 amide bonds. The number of nitrogens with zero attached hydrogens (tertiary/aromatic N) is 2. The molecule has 61 heavy (non-hydrogen) atoms. The number of rotatable bonds is 45. The second-order valence-electron chi connectivity index (χ2n) is 20.9. The normalized spacial score (nSPS) is 11.6. The zero-order valence-electron chi connectivity index (χ0n) is 43.9. The molecule has 0 spiro atoms. The molecule has 4 nitrogen and oxygen atoms in total. The monoisotopic (exact) mass is 929 g/mol. The first-order chi connectivity index (χ1) is 28.9. The molecule has 0 saturated heterocycles. The number of carbonyl (C=O) groups excluding carboxylic acids is 1. The van der Waals surface area contributed by atoms with Crippen LogP contribution in [0.5, 0.6) is 0 Å². The highest BCUT2D eigenvalue weighted by molar-refractivity contribution is 5.64. The summed E-state index contributed by atoms with van der Waals surface area (Å²) in [7, 11) is 13.8. The van der Waals surface area contributed by atoms with E-state index in [0.717, 1.165) is 28.2 Å². The molecule has 0 aromatic rings. The van der Waals surface area contributed by atoms with Crippen LogP contribution in [-0.4, -0.2) is 70.3 Å². The molecule has 0 atom stereocenters. The highest BCUT2D eigenvalue weighted by Crippen LogP contribution is 2.15. The molecule has 0 unspecified atom stereocenters. The van der Waals surface area contributed by atoms with Crippen LogP contribution in [0.4, 0.5) is 0 Å². The van der Waals surface area contributed by atoms with E-state index in [1.54, 1.807) is 0 Å². The molecule has 0 aliphatic heterocycles. The van der Waals surface area contributed by atoms with Crippen LogP contribution in [-0.2, 0) is 4.79 Å². The summed E-state index contributed by atoms with van der Waals surface area (Å²) in [5.74, 6) is -0.914. The van der Waals surface area contributed by atoms with Gasteiger partial charge in [-0.1, -0.05) is 238 Å². The third kappa shape index (κ3) is 77.2. The maximum Gasteiger partial charge on any atom is 0.0780 e. The summed E-state index contributed by atoms with van der Waals surface area (Å²) < 4.78 is 2.25. The smallest absolute Gasteiger partial charge is 0.0780 e. The Morgan fingerprint density at radius 3 is 0.738 bits per heavy atom. The van der Waals surface area contributed by atoms with Crippen molar-refractivity contribution in [3.63, 3.8) is 0 Å². The van der Waals surface area contributed by atoms with Crippen molar-refractivity contribution in [2.24, 2.45) is 0 Å². The van der Waals surface area contributed by atoms with Gasteiger partial charge in [0, 0.05) is 5.97 Å². The molecule has 0 N–H and O–H groups in total. The predicted molar refractivity (Wildman–Crippen MR) is 271 cm³/mol. The van der Waals surface area contributed by atoms with Crippen molar-refractivity contribution in [3.05, 3.63) is 12.2 Å². The number of carbonyl (C=O) groups is 1. The van der Waals surface area contributed by atoms with Gasteiger partial charge in [0.05, 0.1) is 55.4 Å². The SMILES string of the molecule is CCCCCCCC/C=C\CCCCCCCC(=O)[O-].CCCCCCCCCCCCCCCC[N+](C)(C)C.CCCCCCCCCCCCCCCC[N+](C)(C)C.[Br-]. The molecule has 0 aromatic carbocycles. The zero-order chi connectivity index (χ0) is 45.1. The van der Waals surface area contributed by atoms with Crippen LogP contribution in [0.2, 0.25) is 0 Å². The molecular weight excluding hydrogens is 813 g/mol. The summed E-state index contributed by atoms with van der Waals surface area (Å²) >= 11 is 0. The summed E-state index contributed by atoms with van der Waals surface area (Å²) in [5.41, 5.74) is 0. The number of hydrogen-bond donors (Lipinski definition) is 0. The highest BCUT2D eigenvalue weighted by Gasteiger charge is 2.06. The van der Waals surface area contributed by atoms with Crippen molar-refractivity contribution >= 4 is 5.97 Å². The van der Waals surface area contributed by atoms with E-state index in [-0.39, 0.29) is 23.4 Å². The zero-order valence-corrected chi connectivity index (χ0v) is 45.4. The average molecular weight is 930 g/mol. The number of aliphatic carboxylic acids is 1. The van der Waals surface area contributed by atoms with Gasteiger partial charge in [0.15, 0.2) is 0 Å². The Labute approximate surface area is 398 Å². The molecule has 0 aromatic heterocycles. The van der Waals surface area contributed by atoms with E-state index in [4.69, 9.17) is 0 Å². The molecule has 0 bridgehead atoms. The Bertz CT molecular complexity index is 776. The number of unbranched alkanes of at least 4 members (excludes halogenated alkanes) is 37. The minimum Gasteiger partial charge on any atom is -1.00 e. The lowest BCUT2D eigenvalue weighted by molar-refractivity contribution is -0.870. The van der Waals surface area contributed by atoms with Crippen LogP contribution in [0, 0.1) is 0 Å². The lowest BCUT2D eigenvalue weighted by Crippen LogP contribution is -3.00. The van der Waals surface area contributed by atoms with Crippen molar-refractivity contribution in [1.29, 1.82) is 0 Å². The third-order valence-corrected chi connectivity index (χ3v) is 12.0. The molecule has 0 rings (SSSR count). The second-order valence-corrected chi connectivity index (χ2v) is 20.9. The first-order valence-electron chi connectivity index (χ1n) is 27.3. The predicted octanol–water partition coefficient (Wildman–Crippen LogP) is 14.1. The first-order valence-corrected chi connectivity index (χ1v) is 27.3. The van der Waals surface area contributed by atoms with Gasteiger partial charge in [-0.25, -0.2) is 0 Å². The minimum absolute atomic E-state index is 0. The molecule has 0 saturated carbocycles. The summed E-state index contributed by atoms with van der Waals surface area (Å²) in [6.07, 6.45) is 61.6. The van der Waals surface area contributed by atoms with E-state index >= 15 is 0 Å². The summed E-state index contributed by atoms with van der Waals surface area (Å²) in [5, 5.41) is 10.2. The van der Waals surface area contributed by atoms with Gasteiger partial charge in [-0.3, -0.25) is 0 Å². The van der Waals surface area contributed by atoms with E-state index in [1.807, 2.05) is 0 Å². The van der Waals surface area contributed by atoms with Gasteiger partial charge in [0.2, 0.25) is 0 Å². The summed E-state index contributed by atoms with van der Waals surface area (Å²) in [6.45, 7) is 9.51. The van der Waals surface area contributed by atoms with E-state index in [2.05, 4.69) is 75.2 Å². The van der Waals surface area contributed by atoms with E-state index in [1.165, 1.54) is 257 Å². The van der Waals surface area contributed by atoms with Gasteiger partial charge in [-0.05, 0) is 64.2 Å².